The summed E-state index contributed by atoms with van der Waals surface area (Å²) in [7, 11) is 1.85. The van der Waals surface area contributed by atoms with E-state index >= 15 is 0 Å². The first-order valence-electron chi connectivity index (χ1n) is 5.22. The third-order valence-electron chi connectivity index (χ3n) is 2.68. The summed E-state index contributed by atoms with van der Waals surface area (Å²) in [5, 5.41) is 12.3. The molecule has 0 fully saturated rings. The molecule has 0 radical (unpaired) electrons. The second-order valence-corrected chi connectivity index (χ2v) is 3.82. The van der Waals surface area contributed by atoms with Gasteiger partial charge in [0.25, 0.3) is 0 Å². The molecule has 1 atom stereocenters. The third kappa shape index (κ3) is 2.00. The molecular formula is C11H15N3O2. The van der Waals surface area contributed by atoms with Crippen molar-refractivity contribution < 1.29 is 5.11 Å². The highest BCUT2D eigenvalue weighted by molar-refractivity contribution is 5.75. The number of aliphatic hydroxyl groups is 1. The zero-order chi connectivity index (χ0) is 11.5. The van der Waals surface area contributed by atoms with E-state index in [1.54, 1.807) is 0 Å². The maximum atomic E-state index is 11.1. The molecule has 0 aliphatic rings. The number of likely N-dealkylation sites (N-methyl/N-ethyl adjacent to an activating group) is 1. The Kier molecular flexibility index (Phi) is 3.07. The van der Waals surface area contributed by atoms with Crippen LogP contribution in [0.5, 0.6) is 0 Å². The first kappa shape index (κ1) is 10.9. The molecule has 0 aliphatic heterocycles. The van der Waals surface area contributed by atoms with E-state index in [-0.39, 0.29) is 18.2 Å². The molecular weight excluding hydrogens is 206 g/mol. The molecule has 1 unspecified atom stereocenters. The van der Waals surface area contributed by atoms with Gasteiger partial charge in [0.15, 0.2) is 0 Å². The van der Waals surface area contributed by atoms with Crippen molar-refractivity contribution in [2.45, 2.75) is 5.92 Å². The molecule has 0 aliphatic carbocycles. The number of hydrogen-bond acceptors (Lipinski definition) is 3. The lowest BCUT2D eigenvalue weighted by Crippen LogP contribution is -2.19. The van der Waals surface area contributed by atoms with E-state index in [9.17, 15) is 9.90 Å². The van der Waals surface area contributed by atoms with Crippen molar-refractivity contribution in [3.05, 3.63) is 34.2 Å². The van der Waals surface area contributed by atoms with Gasteiger partial charge in [-0.3, -0.25) is 0 Å². The number of imidazole rings is 1. The number of aliphatic hydroxyl groups excluding tert-OH is 1. The summed E-state index contributed by atoms with van der Waals surface area (Å²) in [6.07, 6.45) is 0. The van der Waals surface area contributed by atoms with Gasteiger partial charge in [0, 0.05) is 12.5 Å². The summed E-state index contributed by atoms with van der Waals surface area (Å²) in [6, 6.07) is 5.66. The maximum Gasteiger partial charge on any atom is 0.323 e. The van der Waals surface area contributed by atoms with Gasteiger partial charge in [0.1, 0.15) is 0 Å². The average molecular weight is 221 g/mol. The second-order valence-electron chi connectivity index (χ2n) is 3.82. The van der Waals surface area contributed by atoms with Gasteiger partial charge in [-0.2, -0.15) is 0 Å². The third-order valence-corrected chi connectivity index (χ3v) is 2.68. The molecule has 4 N–H and O–H groups in total. The molecule has 1 aromatic carbocycles. The lowest BCUT2D eigenvalue weighted by Gasteiger charge is -2.13. The van der Waals surface area contributed by atoms with Crippen LogP contribution in [0.2, 0.25) is 0 Å². The van der Waals surface area contributed by atoms with Gasteiger partial charge in [0.05, 0.1) is 17.6 Å². The first-order chi connectivity index (χ1) is 7.74. The number of aromatic amines is 2. The fourth-order valence-corrected chi connectivity index (χ4v) is 1.84. The molecule has 16 heavy (non-hydrogen) atoms. The SMILES string of the molecule is CNCC(CO)c1ccc2[nH]c(=O)[nH]c2c1. The van der Waals surface area contributed by atoms with E-state index < -0.39 is 0 Å². The molecule has 86 valence electrons. The van der Waals surface area contributed by atoms with Crippen molar-refractivity contribution in [2.24, 2.45) is 0 Å². The highest BCUT2D eigenvalue weighted by atomic mass is 16.3. The Morgan fingerprint density at radius 3 is 2.81 bits per heavy atom. The topological polar surface area (TPSA) is 80.9 Å². The molecule has 0 spiro atoms. The van der Waals surface area contributed by atoms with E-state index in [0.29, 0.717) is 6.54 Å². The molecule has 5 nitrogen and oxygen atoms in total. The molecule has 0 saturated heterocycles. The van der Waals surface area contributed by atoms with Crippen LogP contribution in [-0.4, -0.2) is 35.3 Å². The standard InChI is InChI=1S/C11H15N3O2/c1-12-5-8(6-15)7-2-3-9-10(4-7)14-11(16)13-9/h2-4,8,12,15H,5-6H2,1H3,(H2,13,14,16). The predicted molar refractivity (Wildman–Crippen MR) is 62.7 cm³/mol. The normalized spacial score (nSPS) is 13.1. The van der Waals surface area contributed by atoms with Crippen molar-refractivity contribution in [1.29, 1.82) is 0 Å². The van der Waals surface area contributed by atoms with Gasteiger partial charge in [0.2, 0.25) is 0 Å². The zero-order valence-corrected chi connectivity index (χ0v) is 9.08. The summed E-state index contributed by atoms with van der Waals surface area (Å²) in [4.78, 5) is 16.5. The molecule has 1 heterocycles. The van der Waals surface area contributed by atoms with Gasteiger partial charge in [-0.25, -0.2) is 4.79 Å². The van der Waals surface area contributed by atoms with Crippen LogP contribution in [0.15, 0.2) is 23.0 Å². The Morgan fingerprint density at radius 2 is 2.12 bits per heavy atom. The van der Waals surface area contributed by atoms with Gasteiger partial charge in [-0.15, -0.1) is 0 Å². The van der Waals surface area contributed by atoms with Crippen LogP contribution in [0.3, 0.4) is 0 Å². The number of H-pyrrole nitrogens is 2. The highest BCUT2D eigenvalue weighted by Crippen LogP contribution is 2.18. The summed E-state index contributed by atoms with van der Waals surface area (Å²) in [5.74, 6) is 0.0489. The van der Waals surface area contributed by atoms with E-state index in [1.807, 2.05) is 25.2 Å². The van der Waals surface area contributed by atoms with Crippen molar-refractivity contribution >= 4 is 11.0 Å². The quantitative estimate of drug-likeness (QED) is 0.593. The van der Waals surface area contributed by atoms with E-state index in [0.717, 1.165) is 16.6 Å². The molecule has 0 saturated carbocycles. The van der Waals surface area contributed by atoms with Crippen LogP contribution in [0.1, 0.15) is 11.5 Å². The minimum Gasteiger partial charge on any atom is -0.396 e. The Hall–Kier alpha value is -1.59. The lowest BCUT2D eigenvalue weighted by molar-refractivity contribution is 0.263. The van der Waals surface area contributed by atoms with E-state index in [1.165, 1.54) is 0 Å². The first-order valence-corrected chi connectivity index (χ1v) is 5.22. The Morgan fingerprint density at radius 1 is 1.38 bits per heavy atom. The Labute approximate surface area is 92.5 Å². The van der Waals surface area contributed by atoms with Gasteiger partial charge in [-0.1, -0.05) is 6.07 Å². The minimum atomic E-state index is -0.207. The lowest BCUT2D eigenvalue weighted by atomic mass is 9.99. The number of hydrogen-bond donors (Lipinski definition) is 4. The number of benzene rings is 1. The fraction of sp³-hybridized carbons (Fsp3) is 0.364. The van der Waals surface area contributed by atoms with Crippen LogP contribution in [-0.2, 0) is 0 Å². The molecule has 2 rings (SSSR count). The van der Waals surface area contributed by atoms with E-state index in [4.69, 9.17) is 0 Å². The Balaban J connectivity index is 2.40. The summed E-state index contributed by atoms with van der Waals surface area (Å²) < 4.78 is 0. The maximum absolute atomic E-state index is 11.1. The van der Waals surface area contributed by atoms with Crippen LogP contribution in [0.4, 0.5) is 0 Å². The largest absolute Gasteiger partial charge is 0.396 e. The molecule has 5 heteroatoms. The minimum absolute atomic E-state index is 0.0489. The summed E-state index contributed by atoms with van der Waals surface area (Å²) >= 11 is 0. The van der Waals surface area contributed by atoms with E-state index in [2.05, 4.69) is 15.3 Å². The average Bonchev–Trinajstić information content (AvgIpc) is 2.64. The van der Waals surface area contributed by atoms with Crippen molar-refractivity contribution in [2.75, 3.05) is 20.2 Å². The van der Waals surface area contributed by atoms with Gasteiger partial charge in [-0.05, 0) is 24.7 Å². The Bertz CT molecular complexity index is 529. The summed E-state index contributed by atoms with van der Waals surface area (Å²) in [5.41, 5.74) is 2.37. The monoisotopic (exact) mass is 221 g/mol. The van der Waals surface area contributed by atoms with Gasteiger partial charge < -0.3 is 20.4 Å². The van der Waals surface area contributed by atoms with Crippen LogP contribution < -0.4 is 11.0 Å². The number of aromatic nitrogens is 2. The zero-order valence-electron chi connectivity index (χ0n) is 9.08. The van der Waals surface area contributed by atoms with Crippen molar-refractivity contribution in [1.82, 2.24) is 15.3 Å². The molecule has 2 aromatic rings. The number of nitrogens with one attached hydrogen (secondary N) is 3. The van der Waals surface area contributed by atoms with Crippen molar-refractivity contribution in [3.63, 3.8) is 0 Å². The van der Waals surface area contributed by atoms with Crippen LogP contribution in [0.25, 0.3) is 11.0 Å². The smallest absolute Gasteiger partial charge is 0.323 e. The predicted octanol–water partition coefficient (Wildman–Crippen LogP) is 0.152. The fourth-order valence-electron chi connectivity index (χ4n) is 1.84. The van der Waals surface area contributed by atoms with Crippen molar-refractivity contribution in [3.8, 4) is 0 Å². The number of fused-ring (bicyclic) bond motifs is 1. The molecule has 1 aromatic heterocycles. The second kappa shape index (κ2) is 4.51. The van der Waals surface area contributed by atoms with Gasteiger partial charge >= 0.3 is 5.69 Å². The van der Waals surface area contributed by atoms with Crippen LogP contribution >= 0.6 is 0 Å². The molecule has 0 amide bonds. The molecule has 0 bridgehead atoms. The number of rotatable bonds is 4. The van der Waals surface area contributed by atoms with Crippen LogP contribution in [0, 0.1) is 0 Å². The highest BCUT2D eigenvalue weighted by Gasteiger charge is 2.10. The summed E-state index contributed by atoms with van der Waals surface area (Å²) in [6.45, 7) is 0.789.